The van der Waals surface area contributed by atoms with Gasteiger partial charge in [0.1, 0.15) is 5.75 Å². The highest BCUT2D eigenvalue weighted by Crippen LogP contribution is 2.22. The van der Waals surface area contributed by atoms with Gasteiger partial charge >= 0.3 is 0 Å². The van der Waals surface area contributed by atoms with E-state index in [2.05, 4.69) is 21.5 Å². The standard InChI is InChI=1S/C17H21N3O3S/c1-23-14-4-2-13(3-5-14)16(21)10-20-8-6-12(7-9-20)15-11-24-17(22)19-18-15/h2-6,16,21H,7-11H2,1H3,(H,19,22). The summed E-state index contributed by atoms with van der Waals surface area (Å²) < 4.78 is 5.14. The number of aliphatic hydroxyl groups excluding tert-OH is 1. The predicted molar refractivity (Wildman–Crippen MR) is 95.5 cm³/mol. The van der Waals surface area contributed by atoms with Crippen LogP contribution in [0.3, 0.4) is 0 Å². The molecule has 1 aromatic carbocycles. The lowest BCUT2D eigenvalue weighted by Gasteiger charge is -2.29. The van der Waals surface area contributed by atoms with Gasteiger partial charge in [-0.15, -0.1) is 0 Å². The first-order valence-corrected chi connectivity index (χ1v) is 8.87. The van der Waals surface area contributed by atoms with Gasteiger partial charge in [-0.1, -0.05) is 30.0 Å². The number of carbonyl (C=O) groups is 1. The number of benzene rings is 1. The fourth-order valence-corrected chi connectivity index (χ4v) is 3.42. The van der Waals surface area contributed by atoms with Crippen molar-refractivity contribution >= 4 is 22.7 Å². The second-order valence-electron chi connectivity index (χ2n) is 5.77. The Balaban J connectivity index is 1.55. The SMILES string of the molecule is COc1ccc(C(O)CN2CC=C(C3=NNC(=O)SC3)CC2)cc1. The number of hydrazone groups is 1. The number of methoxy groups -OCH3 is 1. The second-order valence-corrected chi connectivity index (χ2v) is 6.72. The summed E-state index contributed by atoms with van der Waals surface area (Å²) in [5.41, 5.74) is 5.55. The molecule has 0 radical (unpaired) electrons. The monoisotopic (exact) mass is 347 g/mol. The average Bonchev–Trinajstić information content (AvgIpc) is 2.63. The van der Waals surface area contributed by atoms with Crippen molar-refractivity contribution < 1.29 is 14.6 Å². The van der Waals surface area contributed by atoms with Crippen molar-refractivity contribution in [2.24, 2.45) is 5.10 Å². The molecule has 1 unspecified atom stereocenters. The van der Waals surface area contributed by atoms with Crippen LogP contribution in [0.4, 0.5) is 4.79 Å². The molecule has 6 nitrogen and oxygen atoms in total. The number of carbonyl (C=O) groups excluding carboxylic acids is 1. The van der Waals surface area contributed by atoms with Crippen LogP contribution in [0.1, 0.15) is 18.1 Å². The molecule has 1 atom stereocenters. The minimum absolute atomic E-state index is 0.0978. The average molecular weight is 347 g/mol. The normalized spacial score (nSPS) is 20.0. The minimum atomic E-state index is -0.521. The highest BCUT2D eigenvalue weighted by Gasteiger charge is 2.21. The van der Waals surface area contributed by atoms with Gasteiger partial charge in [-0.25, -0.2) is 5.43 Å². The molecule has 2 heterocycles. The van der Waals surface area contributed by atoms with Crippen molar-refractivity contribution in [3.05, 3.63) is 41.5 Å². The summed E-state index contributed by atoms with van der Waals surface area (Å²) >= 11 is 1.25. The summed E-state index contributed by atoms with van der Waals surface area (Å²) in [5.74, 6) is 1.42. The van der Waals surface area contributed by atoms with E-state index in [1.807, 2.05) is 24.3 Å². The molecular formula is C17H21N3O3S. The van der Waals surface area contributed by atoms with E-state index in [0.29, 0.717) is 12.3 Å². The first-order valence-electron chi connectivity index (χ1n) is 7.89. The Hall–Kier alpha value is -1.83. The molecular weight excluding hydrogens is 326 g/mol. The maximum Gasteiger partial charge on any atom is 0.299 e. The van der Waals surface area contributed by atoms with Crippen LogP contribution in [-0.4, -0.2) is 53.5 Å². The number of amides is 1. The van der Waals surface area contributed by atoms with Gasteiger partial charge in [-0.05, 0) is 29.7 Å². The molecule has 2 aliphatic rings. The molecule has 0 aliphatic carbocycles. The Morgan fingerprint density at radius 1 is 1.42 bits per heavy atom. The van der Waals surface area contributed by atoms with Gasteiger partial charge < -0.3 is 9.84 Å². The van der Waals surface area contributed by atoms with E-state index in [4.69, 9.17) is 4.74 Å². The smallest absolute Gasteiger partial charge is 0.299 e. The third-order valence-corrected chi connectivity index (χ3v) is 4.99. The fraction of sp³-hybridized carbons (Fsp3) is 0.412. The largest absolute Gasteiger partial charge is 0.497 e. The fourth-order valence-electron chi connectivity index (χ4n) is 2.79. The van der Waals surface area contributed by atoms with Crippen molar-refractivity contribution in [1.82, 2.24) is 10.3 Å². The zero-order chi connectivity index (χ0) is 16.9. The van der Waals surface area contributed by atoms with Crippen LogP contribution in [0.15, 0.2) is 41.0 Å². The molecule has 24 heavy (non-hydrogen) atoms. The molecule has 2 N–H and O–H groups in total. The number of β-amino-alcohol motifs (C(OH)–C–C–N with tert-alkyl or cyclic N) is 1. The van der Waals surface area contributed by atoms with Crippen LogP contribution in [0.5, 0.6) is 5.75 Å². The summed E-state index contributed by atoms with van der Waals surface area (Å²) in [6.45, 7) is 2.24. The second kappa shape index (κ2) is 7.83. The highest BCUT2D eigenvalue weighted by atomic mass is 32.2. The van der Waals surface area contributed by atoms with Crippen molar-refractivity contribution in [3.8, 4) is 5.75 Å². The van der Waals surface area contributed by atoms with E-state index >= 15 is 0 Å². The first-order chi connectivity index (χ1) is 11.7. The number of ether oxygens (including phenoxy) is 1. The van der Waals surface area contributed by atoms with Crippen LogP contribution in [-0.2, 0) is 0 Å². The van der Waals surface area contributed by atoms with E-state index in [0.717, 1.165) is 36.5 Å². The summed E-state index contributed by atoms with van der Waals surface area (Å²) in [4.78, 5) is 13.3. The predicted octanol–water partition coefficient (Wildman–Crippen LogP) is 2.17. The third-order valence-electron chi connectivity index (χ3n) is 4.22. The molecule has 1 amide bonds. The summed E-state index contributed by atoms with van der Waals surface area (Å²) in [5, 5.41) is 14.4. The number of thioether (sulfide) groups is 1. The topological polar surface area (TPSA) is 74.2 Å². The zero-order valence-electron chi connectivity index (χ0n) is 13.6. The Morgan fingerprint density at radius 3 is 2.79 bits per heavy atom. The zero-order valence-corrected chi connectivity index (χ0v) is 14.4. The number of rotatable bonds is 5. The van der Waals surface area contributed by atoms with Crippen molar-refractivity contribution in [2.45, 2.75) is 12.5 Å². The molecule has 128 valence electrons. The van der Waals surface area contributed by atoms with Gasteiger partial charge in [0.05, 0.1) is 18.9 Å². The minimum Gasteiger partial charge on any atom is -0.497 e. The maximum absolute atomic E-state index is 11.1. The lowest BCUT2D eigenvalue weighted by Crippen LogP contribution is -2.35. The van der Waals surface area contributed by atoms with E-state index in [-0.39, 0.29) is 5.24 Å². The van der Waals surface area contributed by atoms with Crippen LogP contribution >= 0.6 is 11.8 Å². The van der Waals surface area contributed by atoms with Gasteiger partial charge in [0, 0.05) is 25.4 Å². The lowest BCUT2D eigenvalue weighted by atomic mass is 10.0. The Labute approximate surface area is 145 Å². The molecule has 0 bridgehead atoms. The summed E-state index contributed by atoms with van der Waals surface area (Å²) in [6, 6.07) is 7.51. The van der Waals surface area contributed by atoms with Gasteiger partial charge in [0.2, 0.25) is 0 Å². The van der Waals surface area contributed by atoms with Gasteiger partial charge in [0.25, 0.3) is 5.24 Å². The van der Waals surface area contributed by atoms with Crippen molar-refractivity contribution in [3.63, 3.8) is 0 Å². The van der Waals surface area contributed by atoms with Crippen molar-refractivity contribution in [1.29, 1.82) is 0 Å². The molecule has 0 saturated heterocycles. The summed E-state index contributed by atoms with van der Waals surface area (Å²) in [6.07, 6.45) is 2.50. The highest BCUT2D eigenvalue weighted by molar-refractivity contribution is 8.14. The third kappa shape index (κ3) is 4.17. The van der Waals surface area contributed by atoms with E-state index in [1.165, 1.54) is 17.3 Å². The van der Waals surface area contributed by atoms with Crippen molar-refractivity contribution in [2.75, 3.05) is 32.5 Å². The molecule has 0 aromatic heterocycles. The maximum atomic E-state index is 11.1. The number of hydrogen-bond donors (Lipinski definition) is 2. The van der Waals surface area contributed by atoms with E-state index < -0.39 is 6.10 Å². The Morgan fingerprint density at radius 2 is 2.21 bits per heavy atom. The molecule has 1 aromatic rings. The van der Waals surface area contributed by atoms with Crippen LogP contribution in [0.25, 0.3) is 0 Å². The van der Waals surface area contributed by atoms with Gasteiger partial charge in [-0.2, -0.15) is 5.10 Å². The number of hydrogen-bond acceptors (Lipinski definition) is 6. The molecule has 2 aliphatic heterocycles. The van der Waals surface area contributed by atoms with Crippen LogP contribution in [0.2, 0.25) is 0 Å². The molecule has 0 fully saturated rings. The molecule has 0 spiro atoms. The number of aliphatic hydroxyl groups is 1. The van der Waals surface area contributed by atoms with Gasteiger partial charge in [-0.3, -0.25) is 9.69 Å². The number of nitrogens with zero attached hydrogens (tertiary/aromatic N) is 2. The van der Waals surface area contributed by atoms with E-state index in [9.17, 15) is 9.90 Å². The lowest BCUT2D eigenvalue weighted by molar-refractivity contribution is 0.118. The Bertz CT molecular complexity index is 658. The Kier molecular flexibility index (Phi) is 5.55. The van der Waals surface area contributed by atoms with Gasteiger partial charge in [0.15, 0.2) is 0 Å². The van der Waals surface area contributed by atoms with Crippen LogP contribution in [0, 0.1) is 0 Å². The molecule has 7 heteroatoms. The first kappa shape index (κ1) is 17.0. The summed E-state index contributed by atoms with van der Waals surface area (Å²) in [7, 11) is 1.63. The quantitative estimate of drug-likeness (QED) is 0.854. The van der Waals surface area contributed by atoms with E-state index in [1.54, 1.807) is 7.11 Å². The number of nitrogens with one attached hydrogen (secondary N) is 1. The van der Waals surface area contributed by atoms with Crippen LogP contribution < -0.4 is 10.2 Å². The molecule has 3 rings (SSSR count). The molecule has 0 saturated carbocycles.